The van der Waals surface area contributed by atoms with E-state index in [-0.39, 0.29) is 11.8 Å². The number of carbonyl (C=O) groups is 2. The zero-order chi connectivity index (χ0) is 28.4. The second-order valence-electron chi connectivity index (χ2n) is 12.2. The van der Waals surface area contributed by atoms with E-state index in [9.17, 15) is 18.4 Å². The summed E-state index contributed by atoms with van der Waals surface area (Å²) in [6, 6.07) is 13.6. The largest absolute Gasteiger partial charge is 0.327 e. The van der Waals surface area contributed by atoms with E-state index in [0.717, 1.165) is 54.0 Å². The third kappa shape index (κ3) is 4.02. The van der Waals surface area contributed by atoms with Crippen LogP contribution < -0.4 is 10.6 Å². The Bertz CT molecular complexity index is 1590. The van der Waals surface area contributed by atoms with Crippen LogP contribution >= 0.6 is 0 Å². The van der Waals surface area contributed by atoms with Gasteiger partial charge in [-0.2, -0.15) is 0 Å². The first kappa shape index (κ1) is 26.0. The molecule has 210 valence electrons. The lowest BCUT2D eigenvalue weighted by molar-refractivity contribution is -0.149. The van der Waals surface area contributed by atoms with Gasteiger partial charge in [0.05, 0.1) is 16.5 Å². The first-order valence-electron chi connectivity index (χ1n) is 14.3. The summed E-state index contributed by atoms with van der Waals surface area (Å²) in [4.78, 5) is 33.2. The number of aromatic nitrogens is 1. The summed E-state index contributed by atoms with van der Waals surface area (Å²) < 4.78 is 28.5. The Morgan fingerprint density at radius 1 is 1.00 bits per heavy atom. The van der Waals surface area contributed by atoms with Crippen molar-refractivity contribution in [1.29, 1.82) is 0 Å². The Labute approximate surface area is 237 Å². The van der Waals surface area contributed by atoms with Gasteiger partial charge in [-0.05, 0) is 73.1 Å². The van der Waals surface area contributed by atoms with Crippen molar-refractivity contribution >= 4 is 23.7 Å². The molecule has 3 heterocycles. The second kappa shape index (κ2) is 9.31. The Kier molecular flexibility index (Phi) is 5.91. The van der Waals surface area contributed by atoms with Crippen molar-refractivity contribution in [3.05, 3.63) is 100 Å². The van der Waals surface area contributed by atoms with Crippen molar-refractivity contribution < 1.29 is 18.4 Å². The number of anilines is 1. The van der Waals surface area contributed by atoms with E-state index in [1.54, 1.807) is 11.1 Å². The van der Waals surface area contributed by atoms with Gasteiger partial charge >= 0.3 is 0 Å². The van der Waals surface area contributed by atoms with Crippen molar-refractivity contribution in [3.8, 4) is 0 Å². The number of carbonyl (C=O) groups excluding carboxylic acids is 2. The minimum atomic E-state index is -0.917. The highest BCUT2D eigenvalue weighted by atomic mass is 19.1. The molecule has 7 rings (SSSR count). The minimum Gasteiger partial charge on any atom is -0.327 e. The number of rotatable bonds is 4. The maximum absolute atomic E-state index is 14.3. The fraction of sp³-hybridized carbons (Fsp3) is 0.364. The van der Waals surface area contributed by atoms with E-state index in [1.807, 2.05) is 37.3 Å². The summed E-state index contributed by atoms with van der Waals surface area (Å²) in [5, 5.41) is 6.43. The van der Waals surface area contributed by atoms with Crippen LogP contribution in [0.1, 0.15) is 60.4 Å². The fourth-order valence-electron chi connectivity index (χ4n) is 7.46. The molecule has 2 N–H and O–H groups in total. The number of benzene rings is 2. The smallest absolute Gasteiger partial charge is 0.243 e. The van der Waals surface area contributed by atoms with Gasteiger partial charge in [-0.1, -0.05) is 49.3 Å². The van der Waals surface area contributed by atoms with E-state index >= 15 is 0 Å². The van der Waals surface area contributed by atoms with Crippen LogP contribution in [-0.2, 0) is 33.4 Å². The van der Waals surface area contributed by atoms with E-state index in [0.29, 0.717) is 37.3 Å². The number of hydrogen-bond donors (Lipinski definition) is 2. The maximum Gasteiger partial charge on any atom is 0.243 e. The summed E-state index contributed by atoms with van der Waals surface area (Å²) in [5.41, 5.74) is 2.47. The van der Waals surface area contributed by atoms with Crippen LogP contribution in [0.3, 0.4) is 0 Å². The standard InChI is InChI=1S/C33H32F2N4O2/c1-31(24-15-25(34)17-26(35)16-24)20-37-33(10-2-3-11-33)30(41)39(31)13-5-6-21-8-9-22-18-32(19-23(22)14-21)27-7-4-12-36-28(27)38-29(32)40/h4-9,12,14-17,37H,2-3,10-11,13,18-20H2,1H3,(H,36,38,40)/b6-5-/t31-,32-/m1/s1. The number of nitrogens with one attached hydrogen (secondary N) is 2. The zero-order valence-corrected chi connectivity index (χ0v) is 23.0. The quantitative estimate of drug-likeness (QED) is 0.475. The molecule has 3 aromatic rings. The average Bonchev–Trinajstić information content (AvgIpc) is 3.65. The minimum absolute atomic E-state index is 0.00868. The molecule has 1 saturated carbocycles. The Morgan fingerprint density at radius 2 is 1.76 bits per heavy atom. The molecular weight excluding hydrogens is 522 g/mol. The predicted molar refractivity (Wildman–Crippen MR) is 152 cm³/mol. The molecule has 2 aliphatic heterocycles. The van der Waals surface area contributed by atoms with Crippen LogP contribution in [0.4, 0.5) is 14.6 Å². The molecule has 2 atom stereocenters. The monoisotopic (exact) mass is 554 g/mol. The molecule has 1 aromatic heterocycles. The van der Waals surface area contributed by atoms with Gasteiger partial charge in [0.2, 0.25) is 11.8 Å². The molecular formula is C33H32F2N4O2. The fourth-order valence-corrected chi connectivity index (χ4v) is 7.46. The van der Waals surface area contributed by atoms with Gasteiger partial charge in [-0.15, -0.1) is 0 Å². The van der Waals surface area contributed by atoms with Crippen LogP contribution in [0.2, 0.25) is 0 Å². The van der Waals surface area contributed by atoms with Crippen LogP contribution in [0, 0.1) is 11.6 Å². The number of nitrogens with zero attached hydrogens (tertiary/aromatic N) is 2. The van der Waals surface area contributed by atoms with Crippen molar-refractivity contribution in [2.75, 3.05) is 18.4 Å². The third-order valence-corrected chi connectivity index (χ3v) is 9.77. The molecule has 0 unspecified atom stereocenters. The van der Waals surface area contributed by atoms with Crippen LogP contribution in [0.15, 0.2) is 60.8 Å². The highest BCUT2D eigenvalue weighted by Gasteiger charge is 2.53. The van der Waals surface area contributed by atoms with Gasteiger partial charge in [0.25, 0.3) is 0 Å². The average molecular weight is 555 g/mol. The predicted octanol–water partition coefficient (Wildman–Crippen LogP) is 5.02. The van der Waals surface area contributed by atoms with Crippen LogP contribution in [0.25, 0.3) is 6.08 Å². The summed E-state index contributed by atoms with van der Waals surface area (Å²) in [5.74, 6) is -0.697. The Morgan fingerprint density at radius 3 is 2.54 bits per heavy atom. The lowest BCUT2D eigenvalue weighted by Gasteiger charge is -2.51. The molecule has 0 bridgehead atoms. The molecule has 1 saturated heterocycles. The summed E-state index contributed by atoms with van der Waals surface area (Å²) in [7, 11) is 0. The first-order valence-corrected chi connectivity index (χ1v) is 14.3. The van der Waals surface area contributed by atoms with Crippen molar-refractivity contribution in [1.82, 2.24) is 15.2 Å². The number of pyridine rings is 1. The van der Waals surface area contributed by atoms with E-state index < -0.39 is 28.1 Å². The second-order valence-corrected chi connectivity index (χ2v) is 12.2. The van der Waals surface area contributed by atoms with Gasteiger partial charge in [0, 0.05) is 30.9 Å². The number of fused-ring (bicyclic) bond motifs is 3. The SMILES string of the molecule is C[C@]1(c2cc(F)cc(F)c2)CNC2(CCCC2)C(=O)N1C/C=C\c1ccc2c(c1)C[C@@]1(C2)C(=O)Nc2ncccc21. The van der Waals surface area contributed by atoms with Gasteiger partial charge in [0.1, 0.15) is 17.5 Å². The van der Waals surface area contributed by atoms with Crippen molar-refractivity contribution in [2.24, 2.45) is 0 Å². The molecule has 2 fully saturated rings. The van der Waals surface area contributed by atoms with Gasteiger partial charge in [0.15, 0.2) is 0 Å². The maximum atomic E-state index is 14.3. The Balaban J connectivity index is 1.16. The lowest BCUT2D eigenvalue weighted by atomic mass is 9.79. The van der Waals surface area contributed by atoms with E-state index in [4.69, 9.17) is 0 Å². The third-order valence-electron chi connectivity index (χ3n) is 9.77. The molecule has 8 heteroatoms. The number of piperazine rings is 1. The van der Waals surface area contributed by atoms with Gasteiger partial charge < -0.3 is 15.5 Å². The molecule has 2 aromatic carbocycles. The molecule has 6 nitrogen and oxygen atoms in total. The number of hydrogen-bond acceptors (Lipinski definition) is 4. The van der Waals surface area contributed by atoms with Gasteiger partial charge in [-0.25, -0.2) is 13.8 Å². The Hall–Kier alpha value is -3.91. The first-order chi connectivity index (χ1) is 19.7. The summed E-state index contributed by atoms with van der Waals surface area (Å²) in [6.45, 7) is 2.59. The molecule has 2 spiro atoms. The molecule has 2 aliphatic carbocycles. The van der Waals surface area contributed by atoms with Crippen LogP contribution in [-0.4, -0.2) is 40.3 Å². The van der Waals surface area contributed by atoms with Crippen molar-refractivity contribution in [2.45, 2.75) is 61.9 Å². The van der Waals surface area contributed by atoms with Crippen molar-refractivity contribution in [3.63, 3.8) is 0 Å². The molecule has 0 radical (unpaired) electrons. The zero-order valence-electron chi connectivity index (χ0n) is 23.0. The lowest BCUT2D eigenvalue weighted by Crippen LogP contribution is -2.70. The molecule has 4 aliphatic rings. The summed E-state index contributed by atoms with van der Waals surface area (Å²) in [6.07, 6.45) is 10.3. The highest BCUT2D eigenvalue weighted by molar-refractivity contribution is 6.06. The highest BCUT2D eigenvalue weighted by Crippen LogP contribution is 2.47. The topological polar surface area (TPSA) is 74.3 Å². The summed E-state index contributed by atoms with van der Waals surface area (Å²) >= 11 is 0. The molecule has 2 amide bonds. The van der Waals surface area contributed by atoms with Gasteiger partial charge in [-0.3, -0.25) is 9.59 Å². The van der Waals surface area contributed by atoms with E-state index in [2.05, 4.69) is 27.8 Å². The number of amides is 2. The molecule has 41 heavy (non-hydrogen) atoms. The van der Waals surface area contributed by atoms with E-state index in [1.165, 1.54) is 12.1 Å². The normalized spacial score (nSPS) is 26.3. The van der Waals surface area contributed by atoms with Crippen LogP contribution in [0.5, 0.6) is 0 Å². The number of halogens is 2.